The number of ether oxygens (including phenoxy) is 2. The zero-order valence-corrected chi connectivity index (χ0v) is 16.7. The van der Waals surface area contributed by atoms with E-state index in [-0.39, 0.29) is 5.92 Å². The van der Waals surface area contributed by atoms with Gasteiger partial charge in [-0.1, -0.05) is 78.8 Å². The van der Waals surface area contributed by atoms with Crippen molar-refractivity contribution in [2.45, 2.75) is 12.5 Å². The summed E-state index contributed by atoms with van der Waals surface area (Å²) in [4.78, 5) is 0. The molecule has 4 heteroatoms. The molecule has 0 aliphatic heterocycles. The highest BCUT2D eigenvalue weighted by molar-refractivity contribution is 6.10. The van der Waals surface area contributed by atoms with E-state index in [9.17, 15) is 5.21 Å². The predicted octanol–water partition coefficient (Wildman–Crippen LogP) is 6.24. The van der Waals surface area contributed by atoms with Gasteiger partial charge in [0.15, 0.2) is 5.60 Å². The Balaban J connectivity index is 1.80. The normalized spacial score (nSPS) is 20.7. The largest absolute Gasteiger partial charge is 0.476 e. The van der Waals surface area contributed by atoms with Crippen LogP contribution in [0.15, 0.2) is 114 Å². The lowest BCUT2D eigenvalue weighted by molar-refractivity contribution is 0.145. The lowest BCUT2D eigenvalue weighted by Crippen LogP contribution is -2.49. The standard InChI is InChI=1S/C26H23NO3/c1-20-12-10-11-19-26(20,30-22-15-6-3-7-16-22)25(27-28)23-17-8-9-18-24(23)29-21-13-4-2-5-14-21/h2-20,28H,1H3. The number of hydrogen-bond acceptors (Lipinski definition) is 4. The fourth-order valence-corrected chi connectivity index (χ4v) is 3.59. The minimum Gasteiger partial charge on any atom is -0.476 e. The molecular weight excluding hydrogens is 374 g/mol. The second-order valence-electron chi connectivity index (χ2n) is 7.10. The van der Waals surface area contributed by atoms with Gasteiger partial charge in [0, 0.05) is 11.5 Å². The van der Waals surface area contributed by atoms with Gasteiger partial charge in [-0.25, -0.2) is 0 Å². The van der Waals surface area contributed by atoms with Gasteiger partial charge in [0.2, 0.25) is 0 Å². The van der Waals surface area contributed by atoms with Crippen molar-refractivity contribution >= 4 is 5.71 Å². The Morgan fingerprint density at radius 2 is 1.47 bits per heavy atom. The summed E-state index contributed by atoms with van der Waals surface area (Å²) in [6.07, 6.45) is 7.85. The van der Waals surface area contributed by atoms with E-state index in [1.807, 2.05) is 116 Å². The molecule has 1 aliphatic carbocycles. The summed E-state index contributed by atoms with van der Waals surface area (Å²) in [7, 11) is 0. The topological polar surface area (TPSA) is 51.0 Å². The molecule has 2 unspecified atom stereocenters. The van der Waals surface area contributed by atoms with Crippen molar-refractivity contribution in [1.82, 2.24) is 0 Å². The van der Waals surface area contributed by atoms with Crippen molar-refractivity contribution in [3.63, 3.8) is 0 Å². The third-order valence-corrected chi connectivity index (χ3v) is 5.14. The van der Waals surface area contributed by atoms with Gasteiger partial charge < -0.3 is 14.7 Å². The van der Waals surface area contributed by atoms with Gasteiger partial charge in [-0.3, -0.25) is 0 Å². The zero-order chi connectivity index (χ0) is 20.8. The summed E-state index contributed by atoms with van der Waals surface area (Å²) < 4.78 is 12.6. The molecule has 150 valence electrons. The number of oxime groups is 1. The van der Waals surface area contributed by atoms with Crippen molar-refractivity contribution in [3.8, 4) is 17.2 Å². The highest BCUT2D eigenvalue weighted by Crippen LogP contribution is 2.37. The second-order valence-corrected chi connectivity index (χ2v) is 7.10. The highest BCUT2D eigenvalue weighted by Gasteiger charge is 2.44. The Morgan fingerprint density at radius 1 is 0.833 bits per heavy atom. The molecule has 3 aromatic rings. The summed E-state index contributed by atoms with van der Waals surface area (Å²) in [6.45, 7) is 2.04. The number of hydrogen-bond donors (Lipinski definition) is 1. The molecule has 1 N–H and O–H groups in total. The Morgan fingerprint density at radius 3 is 2.13 bits per heavy atom. The molecule has 4 rings (SSSR count). The molecule has 0 bridgehead atoms. The van der Waals surface area contributed by atoms with E-state index in [1.165, 1.54) is 0 Å². The van der Waals surface area contributed by atoms with Gasteiger partial charge in [0.25, 0.3) is 0 Å². The van der Waals surface area contributed by atoms with Crippen LogP contribution in [0.1, 0.15) is 12.5 Å². The first-order valence-electron chi connectivity index (χ1n) is 9.88. The maximum absolute atomic E-state index is 10.2. The van der Waals surface area contributed by atoms with Crippen LogP contribution in [0.5, 0.6) is 17.2 Å². The average Bonchev–Trinajstić information content (AvgIpc) is 2.79. The number of rotatable bonds is 6. The van der Waals surface area contributed by atoms with E-state index in [0.29, 0.717) is 28.5 Å². The van der Waals surface area contributed by atoms with Gasteiger partial charge >= 0.3 is 0 Å². The van der Waals surface area contributed by atoms with Gasteiger partial charge in [0.05, 0.1) is 0 Å². The van der Waals surface area contributed by atoms with Crippen LogP contribution < -0.4 is 9.47 Å². The van der Waals surface area contributed by atoms with Gasteiger partial charge in [-0.15, -0.1) is 0 Å². The van der Waals surface area contributed by atoms with Crippen molar-refractivity contribution < 1.29 is 14.7 Å². The Labute approximate surface area is 176 Å². The first-order valence-corrected chi connectivity index (χ1v) is 9.88. The summed E-state index contributed by atoms with van der Waals surface area (Å²) >= 11 is 0. The quantitative estimate of drug-likeness (QED) is 0.304. The molecule has 0 saturated carbocycles. The second kappa shape index (κ2) is 8.70. The van der Waals surface area contributed by atoms with Crippen LogP contribution in [0.25, 0.3) is 0 Å². The molecule has 1 aliphatic rings. The van der Waals surface area contributed by atoms with Crippen LogP contribution >= 0.6 is 0 Å². The maximum atomic E-state index is 10.2. The third-order valence-electron chi connectivity index (χ3n) is 5.14. The molecule has 0 aromatic heterocycles. The zero-order valence-electron chi connectivity index (χ0n) is 16.7. The number of para-hydroxylation sites is 3. The van der Waals surface area contributed by atoms with E-state index in [2.05, 4.69) is 5.16 Å². The molecule has 0 radical (unpaired) electrons. The van der Waals surface area contributed by atoms with Crippen molar-refractivity contribution in [2.24, 2.45) is 11.1 Å². The average molecular weight is 397 g/mol. The Hall–Kier alpha value is -3.79. The van der Waals surface area contributed by atoms with Crippen LogP contribution in [0.3, 0.4) is 0 Å². The third kappa shape index (κ3) is 3.85. The summed E-state index contributed by atoms with van der Waals surface area (Å²) in [5.41, 5.74) is 0.0404. The Kier molecular flexibility index (Phi) is 5.66. The number of allylic oxidation sites excluding steroid dienone is 2. The molecule has 0 saturated heterocycles. The van der Waals surface area contributed by atoms with Gasteiger partial charge in [-0.05, 0) is 42.5 Å². The molecule has 30 heavy (non-hydrogen) atoms. The molecule has 0 amide bonds. The van der Waals surface area contributed by atoms with Gasteiger partial charge in [0.1, 0.15) is 23.0 Å². The van der Waals surface area contributed by atoms with Crippen molar-refractivity contribution in [3.05, 3.63) is 115 Å². The van der Waals surface area contributed by atoms with Crippen LogP contribution in [0, 0.1) is 5.92 Å². The lowest BCUT2D eigenvalue weighted by Gasteiger charge is -2.38. The smallest absolute Gasteiger partial charge is 0.179 e. The van der Waals surface area contributed by atoms with E-state index in [4.69, 9.17) is 9.47 Å². The molecule has 0 spiro atoms. The van der Waals surface area contributed by atoms with E-state index >= 15 is 0 Å². The summed E-state index contributed by atoms with van der Waals surface area (Å²) in [5, 5.41) is 13.9. The maximum Gasteiger partial charge on any atom is 0.179 e. The van der Waals surface area contributed by atoms with Crippen LogP contribution in [-0.4, -0.2) is 16.5 Å². The molecule has 0 fully saturated rings. The van der Waals surface area contributed by atoms with Gasteiger partial charge in [-0.2, -0.15) is 0 Å². The van der Waals surface area contributed by atoms with Crippen molar-refractivity contribution in [1.29, 1.82) is 0 Å². The molecule has 0 heterocycles. The SMILES string of the molecule is CC1C=CC=CC1(Oc1ccccc1)C(=NO)c1ccccc1Oc1ccccc1. The lowest BCUT2D eigenvalue weighted by atomic mass is 9.78. The predicted molar refractivity (Wildman–Crippen MR) is 119 cm³/mol. The van der Waals surface area contributed by atoms with Crippen LogP contribution in [0.2, 0.25) is 0 Å². The van der Waals surface area contributed by atoms with Crippen molar-refractivity contribution in [2.75, 3.05) is 0 Å². The van der Waals surface area contributed by atoms with E-state index in [0.717, 1.165) is 0 Å². The van der Waals surface area contributed by atoms with Crippen LogP contribution in [-0.2, 0) is 0 Å². The molecular formula is C26H23NO3. The minimum absolute atomic E-state index is 0.0848. The first-order chi connectivity index (χ1) is 14.7. The van der Waals surface area contributed by atoms with E-state index < -0.39 is 5.60 Å². The van der Waals surface area contributed by atoms with Crippen LogP contribution in [0.4, 0.5) is 0 Å². The number of benzene rings is 3. The Bertz CT molecular complexity index is 1070. The number of nitrogens with zero attached hydrogens (tertiary/aromatic N) is 1. The van der Waals surface area contributed by atoms with E-state index in [1.54, 1.807) is 0 Å². The first kappa shape index (κ1) is 19.5. The highest BCUT2D eigenvalue weighted by atomic mass is 16.5. The monoisotopic (exact) mass is 397 g/mol. The fourth-order valence-electron chi connectivity index (χ4n) is 3.59. The molecule has 2 atom stereocenters. The summed E-state index contributed by atoms with van der Waals surface area (Å²) in [5.74, 6) is 1.89. The molecule has 4 nitrogen and oxygen atoms in total. The fraction of sp³-hybridized carbons (Fsp3) is 0.115. The molecule has 3 aromatic carbocycles. The summed E-state index contributed by atoms with van der Waals surface area (Å²) in [6, 6.07) is 26.6. The minimum atomic E-state index is -0.999.